The molecule has 3 aromatic carbocycles. The maximum atomic E-state index is 14.1. The minimum atomic E-state index is -4.20. The average Bonchev–Trinajstić information content (AvgIpc) is 2.97. The highest BCUT2D eigenvalue weighted by molar-refractivity contribution is 7.92. The van der Waals surface area contributed by atoms with Crippen LogP contribution in [0.5, 0.6) is 11.5 Å². The van der Waals surface area contributed by atoms with Gasteiger partial charge in [-0.3, -0.25) is 13.9 Å². The quantitative estimate of drug-likeness (QED) is 0.321. The summed E-state index contributed by atoms with van der Waals surface area (Å²) in [5.41, 5.74) is 1.74. The van der Waals surface area contributed by atoms with Crippen LogP contribution in [0.1, 0.15) is 31.9 Å². The zero-order valence-electron chi connectivity index (χ0n) is 24.5. The second-order valence-corrected chi connectivity index (χ2v) is 12.1. The second kappa shape index (κ2) is 14.0. The van der Waals surface area contributed by atoms with Crippen LogP contribution in [0.3, 0.4) is 0 Å². The number of carbonyl (C=O) groups is 2. The van der Waals surface area contributed by atoms with Gasteiger partial charge >= 0.3 is 0 Å². The van der Waals surface area contributed by atoms with E-state index in [0.717, 1.165) is 15.4 Å². The summed E-state index contributed by atoms with van der Waals surface area (Å²) in [6.07, 6.45) is 0. The van der Waals surface area contributed by atoms with Crippen molar-refractivity contribution in [3.8, 4) is 11.5 Å². The van der Waals surface area contributed by atoms with Gasteiger partial charge in [-0.05, 0) is 67.3 Å². The van der Waals surface area contributed by atoms with Crippen LogP contribution < -0.4 is 19.1 Å². The summed E-state index contributed by atoms with van der Waals surface area (Å²) >= 11 is 0. The number of hydrogen-bond acceptors (Lipinski definition) is 6. The van der Waals surface area contributed by atoms with Crippen molar-refractivity contribution in [1.29, 1.82) is 0 Å². The number of aryl methyl sites for hydroxylation is 1. The molecule has 0 aliphatic rings. The third-order valence-electron chi connectivity index (χ3n) is 6.55. The normalized spacial score (nSPS) is 12.0. The molecule has 3 rings (SSSR count). The summed E-state index contributed by atoms with van der Waals surface area (Å²) in [4.78, 5) is 28.7. The molecule has 220 valence electrons. The summed E-state index contributed by atoms with van der Waals surface area (Å²) in [7, 11) is -1.21. The lowest BCUT2D eigenvalue weighted by Crippen LogP contribution is -2.51. The van der Waals surface area contributed by atoms with Gasteiger partial charge in [0.15, 0.2) is 0 Å². The molecule has 0 radical (unpaired) electrons. The molecule has 3 aromatic rings. The third kappa shape index (κ3) is 8.00. The Balaban J connectivity index is 2.08. The third-order valence-corrected chi connectivity index (χ3v) is 8.33. The molecule has 41 heavy (non-hydrogen) atoms. The number of ether oxygens (including phenoxy) is 2. The largest absolute Gasteiger partial charge is 0.497 e. The lowest BCUT2D eigenvalue weighted by Gasteiger charge is -2.32. The van der Waals surface area contributed by atoms with Crippen molar-refractivity contribution in [2.45, 2.75) is 45.2 Å². The summed E-state index contributed by atoms with van der Waals surface area (Å²) in [6, 6.07) is 19.3. The first-order valence-electron chi connectivity index (χ1n) is 13.4. The minimum absolute atomic E-state index is 0.0263. The maximum absolute atomic E-state index is 14.1. The van der Waals surface area contributed by atoms with Gasteiger partial charge in [-0.15, -0.1) is 0 Å². The van der Waals surface area contributed by atoms with Gasteiger partial charge in [-0.2, -0.15) is 0 Å². The summed E-state index contributed by atoms with van der Waals surface area (Å²) in [5.74, 6) is 0.229. The zero-order chi connectivity index (χ0) is 30.2. The fourth-order valence-electron chi connectivity index (χ4n) is 4.23. The molecule has 0 heterocycles. The molecule has 0 bridgehead atoms. The number of methoxy groups -OCH3 is 2. The Hall–Kier alpha value is -4.05. The van der Waals surface area contributed by atoms with Crippen molar-refractivity contribution in [2.24, 2.45) is 5.92 Å². The lowest BCUT2D eigenvalue weighted by molar-refractivity contribution is -0.139. The van der Waals surface area contributed by atoms with E-state index in [1.54, 1.807) is 68.6 Å². The first kappa shape index (κ1) is 31.5. The van der Waals surface area contributed by atoms with Crippen molar-refractivity contribution in [3.63, 3.8) is 0 Å². The van der Waals surface area contributed by atoms with Crippen molar-refractivity contribution < 1.29 is 27.5 Å². The number of rotatable bonds is 13. The van der Waals surface area contributed by atoms with Crippen LogP contribution in [0.15, 0.2) is 77.7 Å². The Morgan fingerprint density at radius 3 is 2.24 bits per heavy atom. The molecule has 0 aromatic heterocycles. The maximum Gasteiger partial charge on any atom is 0.264 e. The fraction of sp³-hybridized carbons (Fsp3) is 0.355. The van der Waals surface area contributed by atoms with Gasteiger partial charge in [0.2, 0.25) is 11.8 Å². The predicted octanol–water partition coefficient (Wildman–Crippen LogP) is 4.40. The van der Waals surface area contributed by atoms with E-state index in [0.29, 0.717) is 18.0 Å². The Morgan fingerprint density at radius 1 is 0.902 bits per heavy atom. The van der Waals surface area contributed by atoms with E-state index in [9.17, 15) is 18.0 Å². The Kier molecular flexibility index (Phi) is 10.8. The van der Waals surface area contributed by atoms with Crippen LogP contribution >= 0.6 is 0 Å². The van der Waals surface area contributed by atoms with Gasteiger partial charge in [0, 0.05) is 13.1 Å². The standard InChI is InChI=1S/C31H39N3O6S/c1-22(2)19-32-31(36)24(4)33(20-25-11-10-12-26(18-25)39-5)30(35)21-34(28-17-23(3)15-16-29(28)40-6)41(37,38)27-13-8-7-9-14-27/h7-18,22,24H,19-21H2,1-6H3,(H,32,36). The Labute approximate surface area is 243 Å². The fourth-order valence-corrected chi connectivity index (χ4v) is 5.67. The number of hydrogen-bond donors (Lipinski definition) is 1. The Morgan fingerprint density at radius 2 is 1.61 bits per heavy atom. The van der Waals surface area contributed by atoms with E-state index in [1.165, 1.54) is 24.1 Å². The molecule has 1 N–H and O–H groups in total. The number of anilines is 1. The molecule has 10 heteroatoms. The molecule has 2 amide bonds. The number of benzene rings is 3. The van der Waals surface area contributed by atoms with Crippen molar-refractivity contribution >= 4 is 27.5 Å². The Bertz CT molecular complexity index is 1440. The smallest absolute Gasteiger partial charge is 0.264 e. The van der Waals surface area contributed by atoms with Crippen LogP contribution in [0.2, 0.25) is 0 Å². The van der Waals surface area contributed by atoms with Gasteiger partial charge in [0.05, 0.1) is 24.8 Å². The van der Waals surface area contributed by atoms with Gasteiger partial charge in [0.25, 0.3) is 10.0 Å². The predicted molar refractivity (Wildman–Crippen MR) is 160 cm³/mol. The molecular weight excluding hydrogens is 542 g/mol. The summed E-state index contributed by atoms with van der Waals surface area (Å²) < 4.78 is 39.9. The van der Waals surface area contributed by atoms with E-state index in [1.807, 2.05) is 26.8 Å². The van der Waals surface area contributed by atoms with Crippen molar-refractivity contribution in [3.05, 3.63) is 83.9 Å². The van der Waals surface area contributed by atoms with E-state index < -0.39 is 28.5 Å². The molecule has 0 spiro atoms. The van der Waals surface area contributed by atoms with Gasteiger partial charge < -0.3 is 19.7 Å². The highest BCUT2D eigenvalue weighted by Gasteiger charge is 2.34. The van der Waals surface area contributed by atoms with E-state index in [4.69, 9.17) is 9.47 Å². The second-order valence-electron chi connectivity index (χ2n) is 10.2. The number of amides is 2. The monoisotopic (exact) mass is 581 g/mol. The summed E-state index contributed by atoms with van der Waals surface area (Å²) in [6.45, 7) is 7.38. The van der Waals surface area contributed by atoms with Crippen molar-refractivity contribution in [2.75, 3.05) is 31.6 Å². The lowest BCUT2D eigenvalue weighted by atomic mass is 10.1. The number of carbonyl (C=O) groups excluding carboxylic acids is 2. The minimum Gasteiger partial charge on any atom is -0.497 e. The van der Waals surface area contributed by atoms with Crippen LogP contribution in [0.4, 0.5) is 5.69 Å². The SMILES string of the molecule is COc1cccc(CN(C(=O)CN(c2cc(C)ccc2OC)S(=O)(=O)c2ccccc2)C(C)C(=O)NCC(C)C)c1. The molecule has 0 aliphatic carbocycles. The molecular formula is C31H39N3O6S. The van der Waals surface area contributed by atoms with Crippen LogP contribution in [0.25, 0.3) is 0 Å². The van der Waals surface area contributed by atoms with Gasteiger partial charge in [0.1, 0.15) is 24.1 Å². The number of nitrogens with zero attached hydrogens (tertiary/aromatic N) is 2. The molecule has 1 atom stereocenters. The number of nitrogens with one attached hydrogen (secondary N) is 1. The molecule has 9 nitrogen and oxygen atoms in total. The molecule has 0 saturated heterocycles. The number of sulfonamides is 1. The van der Waals surface area contributed by atoms with Crippen LogP contribution in [-0.2, 0) is 26.2 Å². The van der Waals surface area contributed by atoms with Crippen molar-refractivity contribution in [1.82, 2.24) is 10.2 Å². The highest BCUT2D eigenvalue weighted by Crippen LogP contribution is 2.33. The highest BCUT2D eigenvalue weighted by atomic mass is 32.2. The molecule has 0 aliphatic heterocycles. The first-order chi connectivity index (χ1) is 19.5. The van der Waals surface area contributed by atoms with Crippen LogP contribution in [-0.4, -0.2) is 58.5 Å². The van der Waals surface area contributed by atoms with E-state index in [-0.39, 0.29) is 29.0 Å². The molecule has 0 saturated carbocycles. The zero-order valence-corrected chi connectivity index (χ0v) is 25.3. The summed E-state index contributed by atoms with van der Waals surface area (Å²) in [5, 5.41) is 2.88. The first-order valence-corrected chi connectivity index (χ1v) is 14.8. The topological polar surface area (TPSA) is 105 Å². The average molecular weight is 582 g/mol. The van der Waals surface area contributed by atoms with Crippen LogP contribution in [0, 0.1) is 12.8 Å². The van der Waals surface area contributed by atoms with Gasteiger partial charge in [-0.1, -0.05) is 50.2 Å². The molecule has 0 fully saturated rings. The van der Waals surface area contributed by atoms with E-state index >= 15 is 0 Å². The van der Waals surface area contributed by atoms with E-state index in [2.05, 4.69) is 5.32 Å². The molecule has 1 unspecified atom stereocenters. The van der Waals surface area contributed by atoms with Gasteiger partial charge in [-0.25, -0.2) is 8.42 Å².